The Kier molecular flexibility index (Phi) is 6.58. The number of carbonyl (C=O) groups is 2. The van der Waals surface area contributed by atoms with Gasteiger partial charge in [-0.2, -0.15) is 10.2 Å². The standard InChI is InChI=1S/C28H25N7O2/c1-19-8-9-21(14-20(19)2)27-25(16-34(33-27)23-6-4-3-5-7-23)28(37)30-15-26(36)32-22-10-12-24(13-11-22)35-18-29-17-31-35/h3-14,16-18H,15H2,1-2H3,(H,30,37)(H,32,36). The van der Waals surface area contributed by atoms with Crippen LogP contribution in [0.5, 0.6) is 0 Å². The number of nitrogens with one attached hydrogen (secondary N) is 2. The number of hydrogen-bond donors (Lipinski definition) is 2. The lowest BCUT2D eigenvalue weighted by Gasteiger charge is -2.08. The maximum absolute atomic E-state index is 13.2. The number of rotatable bonds is 7. The first kappa shape index (κ1) is 23.7. The Labute approximate surface area is 213 Å². The first-order valence-corrected chi connectivity index (χ1v) is 11.7. The normalized spacial score (nSPS) is 10.8. The van der Waals surface area contributed by atoms with Crippen molar-refractivity contribution in [2.75, 3.05) is 11.9 Å². The number of benzene rings is 3. The van der Waals surface area contributed by atoms with Gasteiger partial charge in [0.15, 0.2) is 0 Å². The summed E-state index contributed by atoms with van der Waals surface area (Å²) >= 11 is 0. The maximum atomic E-state index is 13.2. The second-order valence-corrected chi connectivity index (χ2v) is 8.59. The zero-order valence-electron chi connectivity index (χ0n) is 20.4. The highest BCUT2D eigenvalue weighted by molar-refractivity contribution is 6.02. The third-order valence-corrected chi connectivity index (χ3v) is 6.00. The molecule has 9 heteroatoms. The fourth-order valence-electron chi connectivity index (χ4n) is 3.86. The Hall–Kier alpha value is -5.05. The molecule has 5 rings (SSSR count). The average Bonchev–Trinajstić information content (AvgIpc) is 3.61. The van der Waals surface area contributed by atoms with Crippen LogP contribution in [-0.4, -0.2) is 42.9 Å². The predicted octanol–water partition coefficient (Wildman–Crippen LogP) is 4.11. The molecule has 0 aliphatic carbocycles. The fourth-order valence-corrected chi connectivity index (χ4v) is 3.86. The predicted molar refractivity (Wildman–Crippen MR) is 141 cm³/mol. The van der Waals surface area contributed by atoms with Gasteiger partial charge < -0.3 is 10.6 Å². The molecule has 2 heterocycles. The van der Waals surface area contributed by atoms with Gasteiger partial charge in [-0.15, -0.1) is 0 Å². The Morgan fingerprint density at radius 2 is 1.62 bits per heavy atom. The van der Waals surface area contributed by atoms with E-state index in [2.05, 4.69) is 20.7 Å². The van der Waals surface area contributed by atoms with Crippen molar-refractivity contribution >= 4 is 17.5 Å². The van der Waals surface area contributed by atoms with Gasteiger partial charge in [0.2, 0.25) is 5.91 Å². The molecule has 3 aromatic carbocycles. The molecule has 0 atom stereocenters. The number of carbonyl (C=O) groups excluding carboxylic acids is 2. The molecule has 0 spiro atoms. The van der Waals surface area contributed by atoms with Gasteiger partial charge in [0, 0.05) is 17.4 Å². The van der Waals surface area contributed by atoms with Gasteiger partial charge in [-0.05, 0) is 67.4 Å². The number of hydrogen-bond acceptors (Lipinski definition) is 5. The highest BCUT2D eigenvalue weighted by Gasteiger charge is 2.20. The van der Waals surface area contributed by atoms with Gasteiger partial charge in [-0.1, -0.05) is 30.3 Å². The second kappa shape index (κ2) is 10.3. The first-order chi connectivity index (χ1) is 18.0. The highest BCUT2D eigenvalue weighted by Crippen LogP contribution is 2.26. The molecule has 2 N–H and O–H groups in total. The molecule has 0 radical (unpaired) electrons. The van der Waals surface area contributed by atoms with Crippen molar-refractivity contribution in [1.82, 2.24) is 29.9 Å². The summed E-state index contributed by atoms with van der Waals surface area (Å²) in [4.78, 5) is 29.7. The van der Waals surface area contributed by atoms with E-state index in [1.165, 1.54) is 6.33 Å². The number of aryl methyl sites for hydroxylation is 2. The van der Waals surface area contributed by atoms with Crippen molar-refractivity contribution in [3.05, 3.63) is 108 Å². The largest absolute Gasteiger partial charge is 0.343 e. The van der Waals surface area contributed by atoms with Crippen LogP contribution in [0.2, 0.25) is 0 Å². The topological polar surface area (TPSA) is 107 Å². The van der Waals surface area contributed by atoms with E-state index in [1.54, 1.807) is 34.0 Å². The van der Waals surface area contributed by atoms with Crippen LogP contribution in [0.4, 0.5) is 5.69 Å². The third-order valence-electron chi connectivity index (χ3n) is 6.00. The fraction of sp³-hybridized carbons (Fsp3) is 0.107. The summed E-state index contributed by atoms with van der Waals surface area (Å²) in [5, 5.41) is 14.3. The van der Waals surface area contributed by atoms with Crippen LogP contribution in [0, 0.1) is 13.8 Å². The molecular formula is C28H25N7O2. The van der Waals surface area contributed by atoms with Gasteiger partial charge >= 0.3 is 0 Å². The van der Waals surface area contributed by atoms with Crippen LogP contribution < -0.4 is 10.6 Å². The molecule has 0 fully saturated rings. The molecule has 5 aromatic rings. The summed E-state index contributed by atoms with van der Waals surface area (Å²) in [5.41, 5.74) is 6.29. The van der Waals surface area contributed by atoms with Crippen LogP contribution in [0.1, 0.15) is 21.5 Å². The minimum absolute atomic E-state index is 0.188. The monoisotopic (exact) mass is 491 g/mol. The van der Waals surface area contributed by atoms with E-state index in [0.29, 0.717) is 16.9 Å². The smallest absolute Gasteiger partial charge is 0.255 e. The number of anilines is 1. The van der Waals surface area contributed by atoms with Crippen molar-refractivity contribution in [3.63, 3.8) is 0 Å². The molecule has 0 unspecified atom stereocenters. The van der Waals surface area contributed by atoms with E-state index in [0.717, 1.165) is 28.1 Å². The molecular weight excluding hydrogens is 466 g/mol. The Morgan fingerprint density at radius 3 is 2.32 bits per heavy atom. The number of aromatic nitrogens is 5. The van der Waals surface area contributed by atoms with Crippen molar-refractivity contribution in [3.8, 4) is 22.6 Å². The molecule has 0 bridgehead atoms. The summed E-state index contributed by atoms with van der Waals surface area (Å²) in [5.74, 6) is -0.725. The van der Waals surface area contributed by atoms with Crippen LogP contribution in [0.15, 0.2) is 91.6 Å². The molecule has 2 aromatic heterocycles. The van der Waals surface area contributed by atoms with Crippen LogP contribution in [-0.2, 0) is 4.79 Å². The van der Waals surface area contributed by atoms with Crippen molar-refractivity contribution in [2.45, 2.75) is 13.8 Å². The van der Waals surface area contributed by atoms with E-state index in [-0.39, 0.29) is 18.4 Å². The van der Waals surface area contributed by atoms with Crippen molar-refractivity contribution in [2.24, 2.45) is 0 Å². The van der Waals surface area contributed by atoms with Gasteiger partial charge in [0.05, 0.1) is 23.5 Å². The van der Waals surface area contributed by atoms with Crippen LogP contribution in [0.25, 0.3) is 22.6 Å². The summed E-state index contributed by atoms with van der Waals surface area (Å²) < 4.78 is 3.30. The van der Waals surface area contributed by atoms with E-state index in [9.17, 15) is 9.59 Å². The molecule has 2 amide bonds. The maximum Gasteiger partial charge on any atom is 0.255 e. The van der Waals surface area contributed by atoms with Crippen LogP contribution >= 0.6 is 0 Å². The lowest BCUT2D eigenvalue weighted by molar-refractivity contribution is -0.115. The summed E-state index contributed by atoms with van der Waals surface area (Å²) in [6.45, 7) is 3.87. The van der Waals surface area contributed by atoms with Crippen LogP contribution in [0.3, 0.4) is 0 Å². The number of para-hydroxylation sites is 1. The zero-order chi connectivity index (χ0) is 25.8. The Bertz CT molecular complexity index is 1540. The molecule has 0 saturated carbocycles. The Morgan fingerprint density at radius 1 is 0.865 bits per heavy atom. The van der Waals surface area contributed by atoms with Gasteiger partial charge in [0.1, 0.15) is 18.3 Å². The average molecular weight is 492 g/mol. The van der Waals surface area contributed by atoms with E-state index in [4.69, 9.17) is 5.10 Å². The molecule has 9 nitrogen and oxygen atoms in total. The van der Waals surface area contributed by atoms with Gasteiger partial charge in [-0.3, -0.25) is 9.59 Å². The highest BCUT2D eigenvalue weighted by atomic mass is 16.2. The molecule has 0 saturated heterocycles. The molecule has 37 heavy (non-hydrogen) atoms. The van der Waals surface area contributed by atoms with Crippen molar-refractivity contribution < 1.29 is 9.59 Å². The minimum atomic E-state index is -0.382. The summed E-state index contributed by atoms with van der Waals surface area (Å²) in [7, 11) is 0. The van der Waals surface area contributed by atoms with Crippen molar-refractivity contribution in [1.29, 1.82) is 0 Å². The van der Waals surface area contributed by atoms with E-state index in [1.807, 2.05) is 74.5 Å². The molecule has 184 valence electrons. The molecule has 0 aliphatic rings. The SMILES string of the molecule is Cc1ccc(-c2nn(-c3ccccc3)cc2C(=O)NCC(=O)Nc2ccc(-n3cncn3)cc2)cc1C. The summed E-state index contributed by atoms with van der Waals surface area (Å²) in [6, 6.07) is 22.7. The first-order valence-electron chi connectivity index (χ1n) is 11.7. The van der Waals surface area contributed by atoms with E-state index >= 15 is 0 Å². The molecule has 0 aliphatic heterocycles. The lowest BCUT2D eigenvalue weighted by atomic mass is 10.0. The lowest BCUT2D eigenvalue weighted by Crippen LogP contribution is -2.33. The minimum Gasteiger partial charge on any atom is -0.343 e. The number of amides is 2. The van der Waals surface area contributed by atoms with Gasteiger partial charge in [0.25, 0.3) is 5.91 Å². The number of nitrogens with zero attached hydrogens (tertiary/aromatic N) is 5. The van der Waals surface area contributed by atoms with Gasteiger partial charge in [-0.25, -0.2) is 14.3 Å². The quantitative estimate of drug-likeness (QED) is 0.356. The third kappa shape index (κ3) is 5.30. The zero-order valence-corrected chi connectivity index (χ0v) is 20.4. The van der Waals surface area contributed by atoms with E-state index < -0.39 is 0 Å². The Balaban J connectivity index is 1.31. The second-order valence-electron chi connectivity index (χ2n) is 8.59. The summed E-state index contributed by atoms with van der Waals surface area (Å²) in [6.07, 6.45) is 4.73.